The van der Waals surface area contributed by atoms with Gasteiger partial charge < -0.3 is 10.5 Å². The lowest BCUT2D eigenvalue weighted by Gasteiger charge is -2.54. The molecule has 0 atom stereocenters. The van der Waals surface area contributed by atoms with Crippen LogP contribution in [0.1, 0.15) is 59.3 Å². The number of nitrogens with zero attached hydrogens (tertiary/aromatic N) is 1. The average Bonchev–Trinajstić information content (AvgIpc) is 2.34. The van der Waals surface area contributed by atoms with Crippen LogP contribution in [-0.4, -0.2) is 42.8 Å². The summed E-state index contributed by atoms with van der Waals surface area (Å²) in [5.74, 6) is 0. The topological polar surface area (TPSA) is 38.5 Å². The minimum atomic E-state index is 0.240. The van der Waals surface area contributed by atoms with Crippen LogP contribution in [0.2, 0.25) is 0 Å². The Labute approximate surface area is 113 Å². The zero-order valence-electron chi connectivity index (χ0n) is 12.6. The second kappa shape index (κ2) is 8.13. The molecule has 0 aromatic carbocycles. The average molecular weight is 256 g/mol. The fourth-order valence-electron chi connectivity index (χ4n) is 2.98. The lowest BCUT2D eigenvalue weighted by atomic mass is 9.72. The molecule has 1 fully saturated rings. The number of rotatable bonds is 10. The van der Waals surface area contributed by atoms with Crippen LogP contribution in [0.25, 0.3) is 0 Å². The van der Waals surface area contributed by atoms with Gasteiger partial charge in [-0.3, -0.25) is 4.90 Å². The zero-order valence-corrected chi connectivity index (χ0v) is 12.6. The van der Waals surface area contributed by atoms with Crippen molar-refractivity contribution in [2.75, 3.05) is 26.2 Å². The molecule has 1 aliphatic rings. The zero-order chi connectivity index (χ0) is 13.4. The molecule has 0 bridgehead atoms. The third-order valence-electron chi connectivity index (χ3n) is 4.23. The molecule has 0 amide bonds. The highest BCUT2D eigenvalue weighted by Gasteiger charge is 2.47. The first kappa shape index (κ1) is 15.9. The van der Waals surface area contributed by atoms with E-state index in [2.05, 4.69) is 25.7 Å². The predicted octanol–water partition coefficient (Wildman–Crippen LogP) is 2.79. The maximum absolute atomic E-state index is 6.07. The Bertz CT molecular complexity index is 207. The second-order valence-corrected chi connectivity index (χ2v) is 5.61. The molecule has 1 rings (SSSR count). The summed E-state index contributed by atoms with van der Waals surface area (Å²) in [7, 11) is 0. The summed E-state index contributed by atoms with van der Waals surface area (Å²) in [5.41, 5.74) is 6.31. The molecule has 1 aliphatic carbocycles. The second-order valence-electron chi connectivity index (χ2n) is 5.61. The lowest BCUT2D eigenvalue weighted by molar-refractivity contribution is -0.101. The van der Waals surface area contributed by atoms with Gasteiger partial charge in [-0.2, -0.15) is 0 Å². The van der Waals surface area contributed by atoms with E-state index in [1.54, 1.807) is 0 Å². The minimum absolute atomic E-state index is 0.240. The van der Waals surface area contributed by atoms with Gasteiger partial charge in [0.1, 0.15) is 0 Å². The van der Waals surface area contributed by atoms with E-state index < -0.39 is 0 Å². The monoisotopic (exact) mass is 256 g/mol. The first-order chi connectivity index (χ1) is 8.72. The highest BCUT2D eigenvalue weighted by atomic mass is 16.5. The third-order valence-corrected chi connectivity index (χ3v) is 4.23. The van der Waals surface area contributed by atoms with Crippen molar-refractivity contribution >= 4 is 0 Å². The van der Waals surface area contributed by atoms with Crippen LogP contribution in [0.3, 0.4) is 0 Å². The molecule has 3 heteroatoms. The molecular weight excluding hydrogens is 224 g/mol. The van der Waals surface area contributed by atoms with Crippen molar-refractivity contribution in [2.45, 2.75) is 70.9 Å². The maximum Gasteiger partial charge on any atom is 0.0611 e. The van der Waals surface area contributed by atoms with Crippen molar-refractivity contribution < 1.29 is 4.74 Å². The minimum Gasteiger partial charge on any atom is -0.378 e. The normalized spacial score (nSPS) is 27.5. The van der Waals surface area contributed by atoms with Crippen molar-refractivity contribution in [3.63, 3.8) is 0 Å². The third kappa shape index (κ3) is 3.94. The number of hydrogen-bond acceptors (Lipinski definition) is 3. The molecular formula is C15H32N2O. The fraction of sp³-hybridized carbons (Fsp3) is 1.00. The van der Waals surface area contributed by atoms with Crippen molar-refractivity contribution in [1.82, 2.24) is 4.90 Å². The Kier molecular flexibility index (Phi) is 7.20. The molecule has 0 aromatic heterocycles. The molecule has 0 aromatic rings. The summed E-state index contributed by atoms with van der Waals surface area (Å²) in [6, 6.07) is 0. The number of ether oxygens (including phenoxy) is 1. The summed E-state index contributed by atoms with van der Waals surface area (Å²) in [6.45, 7) is 10.6. The van der Waals surface area contributed by atoms with E-state index in [9.17, 15) is 0 Å². The van der Waals surface area contributed by atoms with Gasteiger partial charge in [0.25, 0.3) is 0 Å². The van der Waals surface area contributed by atoms with E-state index in [4.69, 9.17) is 10.5 Å². The molecule has 0 spiro atoms. The fourth-order valence-corrected chi connectivity index (χ4v) is 2.98. The van der Waals surface area contributed by atoms with Gasteiger partial charge in [0.15, 0.2) is 0 Å². The highest BCUT2D eigenvalue weighted by molar-refractivity contribution is 5.04. The van der Waals surface area contributed by atoms with Crippen LogP contribution >= 0.6 is 0 Å². The largest absolute Gasteiger partial charge is 0.378 e. The molecule has 18 heavy (non-hydrogen) atoms. The Hall–Kier alpha value is -0.120. The molecule has 0 radical (unpaired) electrons. The van der Waals surface area contributed by atoms with Crippen LogP contribution in [0.4, 0.5) is 0 Å². The molecule has 0 heterocycles. The lowest BCUT2D eigenvalue weighted by Crippen LogP contribution is -2.64. The van der Waals surface area contributed by atoms with E-state index in [1.807, 2.05) is 0 Å². The summed E-state index contributed by atoms with van der Waals surface area (Å²) in [6.07, 6.45) is 7.80. The van der Waals surface area contributed by atoms with Gasteiger partial charge in [-0.1, -0.05) is 26.7 Å². The number of hydrogen-bond donors (Lipinski definition) is 1. The van der Waals surface area contributed by atoms with E-state index in [0.717, 1.165) is 26.0 Å². The first-order valence-electron chi connectivity index (χ1n) is 7.79. The van der Waals surface area contributed by atoms with Gasteiger partial charge >= 0.3 is 0 Å². The van der Waals surface area contributed by atoms with E-state index in [1.165, 1.54) is 38.8 Å². The Morgan fingerprint density at radius 3 is 2.06 bits per heavy atom. The molecule has 0 aliphatic heterocycles. The van der Waals surface area contributed by atoms with Gasteiger partial charge in [-0.05, 0) is 45.7 Å². The van der Waals surface area contributed by atoms with Gasteiger partial charge in [0.2, 0.25) is 0 Å². The first-order valence-corrected chi connectivity index (χ1v) is 7.79. The smallest absolute Gasteiger partial charge is 0.0611 e. The molecule has 2 N–H and O–H groups in total. The Balaban J connectivity index is 2.51. The summed E-state index contributed by atoms with van der Waals surface area (Å²) in [4.78, 5) is 2.65. The number of unbranched alkanes of at least 4 members (excludes halogenated alkanes) is 2. The van der Waals surface area contributed by atoms with Crippen molar-refractivity contribution in [1.29, 1.82) is 0 Å². The molecule has 0 saturated heterocycles. The van der Waals surface area contributed by atoms with Crippen LogP contribution in [-0.2, 0) is 4.74 Å². The van der Waals surface area contributed by atoms with Crippen molar-refractivity contribution in [3.8, 4) is 0 Å². The molecule has 0 unspecified atom stereocenters. The standard InChI is InChI=1S/C15H32N2O/c1-4-7-9-17(10-8-5-2)15(13-16)11-14(12-15)18-6-3/h14H,4-13,16H2,1-3H3. The quantitative estimate of drug-likeness (QED) is 0.653. The Morgan fingerprint density at radius 2 is 1.67 bits per heavy atom. The number of nitrogens with two attached hydrogens (primary N) is 1. The summed E-state index contributed by atoms with van der Waals surface area (Å²) < 4.78 is 5.71. The van der Waals surface area contributed by atoms with Gasteiger partial charge in [-0.25, -0.2) is 0 Å². The van der Waals surface area contributed by atoms with Crippen LogP contribution < -0.4 is 5.73 Å². The van der Waals surface area contributed by atoms with Gasteiger partial charge in [0, 0.05) is 18.7 Å². The Morgan fingerprint density at radius 1 is 1.11 bits per heavy atom. The van der Waals surface area contributed by atoms with E-state index >= 15 is 0 Å². The van der Waals surface area contributed by atoms with Gasteiger partial charge in [-0.15, -0.1) is 0 Å². The summed E-state index contributed by atoms with van der Waals surface area (Å²) >= 11 is 0. The SMILES string of the molecule is CCCCN(CCCC)C1(CN)CC(OCC)C1. The van der Waals surface area contributed by atoms with E-state index in [-0.39, 0.29) is 5.54 Å². The van der Waals surface area contributed by atoms with Gasteiger partial charge in [0.05, 0.1) is 6.10 Å². The van der Waals surface area contributed by atoms with Crippen LogP contribution in [0, 0.1) is 0 Å². The molecule has 108 valence electrons. The van der Waals surface area contributed by atoms with Crippen molar-refractivity contribution in [3.05, 3.63) is 0 Å². The summed E-state index contributed by atoms with van der Waals surface area (Å²) in [5, 5.41) is 0. The van der Waals surface area contributed by atoms with Crippen LogP contribution in [0.15, 0.2) is 0 Å². The molecule has 1 saturated carbocycles. The highest BCUT2D eigenvalue weighted by Crippen LogP contribution is 2.39. The van der Waals surface area contributed by atoms with E-state index in [0.29, 0.717) is 6.10 Å². The molecule has 3 nitrogen and oxygen atoms in total. The maximum atomic E-state index is 6.07. The predicted molar refractivity (Wildman–Crippen MR) is 77.8 cm³/mol. The van der Waals surface area contributed by atoms with Crippen molar-refractivity contribution in [2.24, 2.45) is 5.73 Å². The van der Waals surface area contributed by atoms with Crippen LogP contribution in [0.5, 0.6) is 0 Å².